The van der Waals surface area contributed by atoms with E-state index in [0.717, 1.165) is 34.7 Å². The molecule has 0 aliphatic heterocycles. The fourth-order valence-corrected chi connectivity index (χ4v) is 2.04. The number of methoxy groups -OCH3 is 2. The molecule has 1 aromatic heterocycles. The third-order valence-electron chi connectivity index (χ3n) is 3.05. The average molecular weight is 261 g/mol. The summed E-state index contributed by atoms with van der Waals surface area (Å²) in [7, 11) is 3.26. The van der Waals surface area contributed by atoms with Crippen molar-refractivity contribution in [2.24, 2.45) is 5.73 Å². The number of aryl methyl sites for hydroxylation is 1. The van der Waals surface area contributed by atoms with Crippen LogP contribution in [-0.4, -0.2) is 31.0 Å². The van der Waals surface area contributed by atoms with Crippen molar-refractivity contribution in [2.75, 3.05) is 20.8 Å². The van der Waals surface area contributed by atoms with Gasteiger partial charge in [-0.2, -0.15) is 5.10 Å². The van der Waals surface area contributed by atoms with Gasteiger partial charge >= 0.3 is 0 Å². The molecule has 0 fully saturated rings. The highest BCUT2D eigenvalue weighted by Crippen LogP contribution is 2.34. The minimum atomic E-state index is 0.604. The van der Waals surface area contributed by atoms with Crippen LogP contribution < -0.4 is 15.2 Å². The zero-order valence-corrected chi connectivity index (χ0v) is 11.5. The Morgan fingerprint density at radius 1 is 1.16 bits per heavy atom. The van der Waals surface area contributed by atoms with Crippen LogP contribution in [0.4, 0.5) is 0 Å². The van der Waals surface area contributed by atoms with E-state index in [2.05, 4.69) is 10.2 Å². The van der Waals surface area contributed by atoms with Crippen LogP contribution in [0.1, 0.15) is 11.3 Å². The second kappa shape index (κ2) is 5.75. The lowest BCUT2D eigenvalue weighted by Crippen LogP contribution is -2.02. The lowest BCUT2D eigenvalue weighted by molar-refractivity contribution is 0.355. The summed E-state index contributed by atoms with van der Waals surface area (Å²) in [6.45, 7) is 2.63. The molecule has 0 aliphatic carbocycles. The molecule has 0 aliphatic rings. The van der Waals surface area contributed by atoms with Crippen LogP contribution in [0.15, 0.2) is 18.2 Å². The normalized spacial score (nSPS) is 10.5. The van der Waals surface area contributed by atoms with Crippen LogP contribution in [0.5, 0.6) is 11.5 Å². The fourth-order valence-electron chi connectivity index (χ4n) is 2.04. The summed E-state index contributed by atoms with van der Waals surface area (Å²) in [5.41, 5.74) is 9.57. The van der Waals surface area contributed by atoms with Crippen molar-refractivity contribution in [3.8, 4) is 22.8 Å². The van der Waals surface area contributed by atoms with Crippen LogP contribution in [0.3, 0.4) is 0 Å². The van der Waals surface area contributed by atoms with Crippen LogP contribution >= 0.6 is 0 Å². The van der Waals surface area contributed by atoms with E-state index >= 15 is 0 Å². The Labute approximate surface area is 112 Å². The number of benzene rings is 1. The molecule has 2 rings (SSSR count). The van der Waals surface area contributed by atoms with Crippen molar-refractivity contribution in [2.45, 2.75) is 13.3 Å². The minimum absolute atomic E-state index is 0.604. The molecule has 19 heavy (non-hydrogen) atoms. The number of nitrogens with two attached hydrogens (primary N) is 1. The Morgan fingerprint density at radius 2 is 1.84 bits per heavy atom. The topological polar surface area (TPSA) is 73.2 Å². The first kappa shape index (κ1) is 13.4. The largest absolute Gasteiger partial charge is 0.493 e. The molecule has 5 nitrogen and oxygen atoms in total. The van der Waals surface area contributed by atoms with E-state index in [1.807, 2.05) is 25.1 Å². The molecule has 0 amide bonds. The fraction of sp³-hybridized carbons (Fsp3) is 0.357. The number of rotatable bonds is 5. The average Bonchev–Trinajstić information content (AvgIpc) is 2.87. The van der Waals surface area contributed by atoms with Gasteiger partial charge in [0.2, 0.25) is 0 Å². The van der Waals surface area contributed by atoms with Gasteiger partial charge in [0, 0.05) is 17.7 Å². The molecule has 0 bridgehead atoms. The molecule has 1 heterocycles. The highest BCUT2D eigenvalue weighted by molar-refractivity contribution is 5.68. The van der Waals surface area contributed by atoms with Crippen molar-refractivity contribution in [3.63, 3.8) is 0 Å². The monoisotopic (exact) mass is 261 g/mol. The number of hydrogen-bond donors (Lipinski definition) is 2. The molecule has 0 saturated carbocycles. The molecule has 102 valence electrons. The van der Waals surface area contributed by atoms with E-state index in [9.17, 15) is 0 Å². The van der Waals surface area contributed by atoms with Gasteiger partial charge in [0.15, 0.2) is 11.5 Å². The van der Waals surface area contributed by atoms with Gasteiger partial charge in [-0.1, -0.05) is 0 Å². The number of ether oxygens (including phenoxy) is 2. The Kier molecular flexibility index (Phi) is 4.06. The number of aromatic nitrogens is 2. The number of H-pyrrole nitrogens is 1. The Hall–Kier alpha value is -2.01. The first-order valence-corrected chi connectivity index (χ1v) is 6.17. The van der Waals surface area contributed by atoms with Crippen molar-refractivity contribution in [3.05, 3.63) is 29.5 Å². The number of hydrogen-bond acceptors (Lipinski definition) is 4. The highest BCUT2D eigenvalue weighted by Gasteiger charge is 2.12. The number of nitrogens with zero attached hydrogens (tertiary/aromatic N) is 1. The Balaban J connectivity index is 2.42. The molecule has 0 spiro atoms. The Morgan fingerprint density at radius 3 is 2.47 bits per heavy atom. The summed E-state index contributed by atoms with van der Waals surface area (Å²) in [5.74, 6) is 1.42. The van der Waals surface area contributed by atoms with E-state index in [1.54, 1.807) is 14.2 Å². The van der Waals surface area contributed by atoms with Gasteiger partial charge in [-0.25, -0.2) is 0 Å². The predicted molar refractivity (Wildman–Crippen MR) is 74.6 cm³/mol. The third-order valence-corrected chi connectivity index (χ3v) is 3.05. The first-order valence-electron chi connectivity index (χ1n) is 6.17. The molecule has 0 saturated heterocycles. The maximum absolute atomic E-state index is 5.54. The first-order chi connectivity index (χ1) is 9.19. The van der Waals surface area contributed by atoms with Crippen LogP contribution in [0.25, 0.3) is 11.3 Å². The van der Waals surface area contributed by atoms with Crippen molar-refractivity contribution in [1.29, 1.82) is 0 Å². The molecule has 3 N–H and O–H groups in total. The number of nitrogens with one attached hydrogen (secondary N) is 1. The zero-order valence-electron chi connectivity index (χ0n) is 11.5. The second-order valence-corrected chi connectivity index (χ2v) is 4.34. The lowest BCUT2D eigenvalue weighted by atomic mass is 10.0. The Bertz CT molecular complexity index is 564. The van der Waals surface area contributed by atoms with Crippen LogP contribution in [0.2, 0.25) is 0 Å². The van der Waals surface area contributed by atoms with Crippen molar-refractivity contribution in [1.82, 2.24) is 10.2 Å². The van der Waals surface area contributed by atoms with E-state index in [1.165, 1.54) is 0 Å². The number of aromatic amines is 1. The van der Waals surface area contributed by atoms with Gasteiger partial charge in [-0.05, 0) is 37.2 Å². The quantitative estimate of drug-likeness (QED) is 0.862. The molecular weight excluding hydrogens is 242 g/mol. The predicted octanol–water partition coefficient (Wildman–Crippen LogP) is 1.90. The molecule has 0 radical (unpaired) electrons. The van der Waals surface area contributed by atoms with Crippen LogP contribution in [0, 0.1) is 6.92 Å². The zero-order chi connectivity index (χ0) is 13.8. The molecule has 0 unspecified atom stereocenters. The van der Waals surface area contributed by atoms with E-state index < -0.39 is 0 Å². The van der Waals surface area contributed by atoms with Gasteiger partial charge < -0.3 is 15.2 Å². The smallest absolute Gasteiger partial charge is 0.161 e. The SMILES string of the molecule is COc1cc(C)c(-c2cc(CCN)[nH]n2)cc1OC. The summed E-state index contributed by atoms with van der Waals surface area (Å²) in [6.07, 6.45) is 0.791. The highest BCUT2D eigenvalue weighted by atomic mass is 16.5. The van der Waals surface area contributed by atoms with Crippen LogP contribution in [-0.2, 0) is 6.42 Å². The second-order valence-electron chi connectivity index (χ2n) is 4.34. The van der Waals surface area contributed by atoms with Gasteiger partial charge in [0.25, 0.3) is 0 Å². The summed E-state index contributed by atoms with van der Waals surface area (Å²) in [6, 6.07) is 5.91. The summed E-state index contributed by atoms with van der Waals surface area (Å²) >= 11 is 0. The van der Waals surface area contributed by atoms with E-state index in [4.69, 9.17) is 15.2 Å². The van der Waals surface area contributed by atoms with Crippen molar-refractivity contribution >= 4 is 0 Å². The van der Waals surface area contributed by atoms with Gasteiger partial charge in [0.05, 0.1) is 19.9 Å². The van der Waals surface area contributed by atoms with Gasteiger partial charge in [-0.3, -0.25) is 5.10 Å². The maximum atomic E-state index is 5.54. The van der Waals surface area contributed by atoms with E-state index in [-0.39, 0.29) is 0 Å². The summed E-state index contributed by atoms with van der Waals surface area (Å²) < 4.78 is 10.6. The van der Waals surface area contributed by atoms with Crippen molar-refractivity contribution < 1.29 is 9.47 Å². The minimum Gasteiger partial charge on any atom is -0.493 e. The van der Waals surface area contributed by atoms with E-state index in [0.29, 0.717) is 12.3 Å². The molecular formula is C14H19N3O2. The lowest BCUT2D eigenvalue weighted by Gasteiger charge is -2.11. The summed E-state index contributed by atoms with van der Waals surface area (Å²) in [4.78, 5) is 0. The standard InChI is InChI=1S/C14H19N3O2/c1-9-6-13(18-2)14(19-3)8-11(9)12-7-10(4-5-15)16-17-12/h6-8H,4-5,15H2,1-3H3,(H,16,17). The third kappa shape index (κ3) is 2.71. The molecule has 2 aromatic rings. The molecule has 1 aromatic carbocycles. The van der Waals surface area contributed by atoms with Gasteiger partial charge in [-0.15, -0.1) is 0 Å². The molecule has 0 atom stereocenters. The molecule has 5 heteroatoms. The summed E-state index contributed by atoms with van der Waals surface area (Å²) in [5, 5.41) is 7.32. The van der Waals surface area contributed by atoms with Gasteiger partial charge in [0.1, 0.15) is 0 Å². The maximum Gasteiger partial charge on any atom is 0.161 e.